The van der Waals surface area contributed by atoms with Crippen molar-refractivity contribution in [3.05, 3.63) is 33.9 Å². The summed E-state index contributed by atoms with van der Waals surface area (Å²) in [6.07, 6.45) is 3.20. The molecular weight excluding hydrogens is 276 g/mol. The zero-order valence-electron chi connectivity index (χ0n) is 11.6. The van der Waals surface area contributed by atoms with Crippen molar-refractivity contribution in [2.75, 3.05) is 18.1 Å². The maximum absolute atomic E-state index is 11.3. The van der Waals surface area contributed by atoms with Crippen LogP contribution in [0.2, 0.25) is 0 Å². The first-order valence-corrected chi connectivity index (χ1v) is 6.94. The Morgan fingerprint density at radius 1 is 1.48 bits per heavy atom. The van der Waals surface area contributed by atoms with E-state index in [0.717, 1.165) is 19.3 Å². The number of nitro groups is 1. The molecule has 1 heterocycles. The standard InChI is InChI=1S/C14H18N2O5/c17-8-2-4-10-3-1-7-15(10)13-9-11(16(20)21)5-6-12(13)14(18)19/h5-6,9-10,17H,1-4,7-8H2,(H,18,19). The highest BCUT2D eigenvalue weighted by Crippen LogP contribution is 2.33. The number of non-ortho nitro benzene ring substituents is 1. The van der Waals surface area contributed by atoms with Crippen molar-refractivity contribution in [1.82, 2.24) is 0 Å². The third-order valence-electron chi connectivity index (χ3n) is 3.80. The lowest BCUT2D eigenvalue weighted by atomic mass is 10.1. The van der Waals surface area contributed by atoms with E-state index in [0.29, 0.717) is 18.7 Å². The lowest BCUT2D eigenvalue weighted by molar-refractivity contribution is -0.384. The molecule has 1 aromatic rings. The normalized spacial score (nSPS) is 18.0. The van der Waals surface area contributed by atoms with Gasteiger partial charge in [0, 0.05) is 31.3 Å². The van der Waals surface area contributed by atoms with Gasteiger partial charge in [-0.25, -0.2) is 4.79 Å². The van der Waals surface area contributed by atoms with Crippen LogP contribution in [0.1, 0.15) is 36.0 Å². The first kappa shape index (κ1) is 15.2. The Kier molecular flexibility index (Phi) is 4.74. The molecule has 7 heteroatoms. The number of nitrogens with zero attached hydrogens (tertiary/aromatic N) is 2. The molecule has 1 aromatic carbocycles. The Hall–Kier alpha value is -2.15. The Morgan fingerprint density at radius 2 is 2.24 bits per heavy atom. The van der Waals surface area contributed by atoms with Crippen molar-refractivity contribution < 1.29 is 19.9 Å². The number of hydrogen-bond donors (Lipinski definition) is 2. The van der Waals surface area contributed by atoms with E-state index >= 15 is 0 Å². The average molecular weight is 294 g/mol. The molecule has 2 rings (SSSR count). The van der Waals surface area contributed by atoms with E-state index in [-0.39, 0.29) is 23.9 Å². The summed E-state index contributed by atoms with van der Waals surface area (Å²) in [5.74, 6) is -1.09. The number of hydrogen-bond acceptors (Lipinski definition) is 5. The lowest BCUT2D eigenvalue weighted by Crippen LogP contribution is -2.30. The van der Waals surface area contributed by atoms with Crippen molar-refractivity contribution in [2.45, 2.75) is 31.7 Å². The van der Waals surface area contributed by atoms with Gasteiger partial charge >= 0.3 is 5.97 Å². The molecule has 0 amide bonds. The molecule has 2 N–H and O–H groups in total. The fourth-order valence-electron chi connectivity index (χ4n) is 2.83. The molecule has 114 valence electrons. The Morgan fingerprint density at radius 3 is 2.86 bits per heavy atom. The molecular formula is C14H18N2O5. The summed E-state index contributed by atoms with van der Waals surface area (Å²) in [5, 5.41) is 29.1. The van der Waals surface area contributed by atoms with Gasteiger partial charge in [-0.05, 0) is 31.7 Å². The van der Waals surface area contributed by atoms with Gasteiger partial charge in [-0.1, -0.05) is 0 Å². The first-order valence-electron chi connectivity index (χ1n) is 6.94. The van der Waals surface area contributed by atoms with Crippen molar-refractivity contribution in [3.8, 4) is 0 Å². The van der Waals surface area contributed by atoms with Gasteiger partial charge in [0.05, 0.1) is 16.2 Å². The monoisotopic (exact) mass is 294 g/mol. The van der Waals surface area contributed by atoms with Crippen LogP contribution in [0.25, 0.3) is 0 Å². The van der Waals surface area contributed by atoms with Gasteiger partial charge in [0.2, 0.25) is 0 Å². The summed E-state index contributed by atoms with van der Waals surface area (Å²) in [6.45, 7) is 0.766. The second-order valence-corrected chi connectivity index (χ2v) is 5.12. The van der Waals surface area contributed by atoms with Crippen molar-refractivity contribution in [3.63, 3.8) is 0 Å². The van der Waals surface area contributed by atoms with E-state index in [1.807, 2.05) is 4.90 Å². The molecule has 7 nitrogen and oxygen atoms in total. The topological polar surface area (TPSA) is 104 Å². The predicted octanol–water partition coefficient (Wildman–Crippen LogP) is 2.03. The second-order valence-electron chi connectivity index (χ2n) is 5.12. The number of nitro benzene ring substituents is 1. The molecule has 0 spiro atoms. The van der Waals surface area contributed by atoms with Crippen LogP contribution >= 0.6 is 0 Å². The average Bonchev–Trinajstić information content (AvgIpc) is 2.92. The van der Waals surface area contributed by atoms with Crippen LogP contribution in [0.15, 0.2) is 18.2 Å². The van der Waals surface area contributed by atoms with Crippen molar-refractivity contribution >= 4 is 17.3 Å². The maximum Gasteiger partial charge on any atom is 0.337 e. The van der Waals surface area contributed by atoms with E-state index in [1.165, 1.54) is 18.2 Å². The van der Waals surface area contributed by atoms with Gasteiger partial charge in [-0.15, -0.1) is 0 Å². The molecule has 21 heavy (non-hydrogen) atoms. The number of carboxylic acid groups (broad SMARTS) is 1. The SMILES string of the molecule is O=C(O)c1ccc([N+](=O)[O-])cc1N1CCCC1CCCO. The van der Waals surface area contributed by atoms with Crippen molar-refractivity contribution in [1.29, 1.82) is 0 Å². The largest absolute Gasteiger partial charge is 0.478 e. The zero-order chi connectivity index (χ0) is 15.4. The number of carbonyl (C=O) groups is 1. The number of benzene rings is 1. The van der Waals surface area contributed by atoms with Gasteiger partial charge in [0.1, 0.15) is 0 Å². The van der Waals surface area contributed by atoms with E-state index in [9.17, 15) is 20.0 Å². The van der Waals surface area contributed by atoms with Gasteiger partial charge in [0.25, 0.3) is 5.69 Å². The molecule has 0 aliphatic carbocycles. The van der Waals surface area contributed by atoms with Crippen molar-refractivity contribution in [2.24, 2.45) is 0 Å². The van der Waals surface area contributed by atoms with Gasteiger partial charge in [-0.2, -0.15) is 0 Å². The van der Waals surface area contributed by atoms with Gasteiger partial charge in [-0.3, -0.25) is 10.1 Å². The Labute approximate surface area is 122 Å². The summed E-state index contributed by atoms with van der Waals surface area (Å²) in [7, 11) is 0. The third-order valence-corrected chi connectivity index (χ3v) is 3.80. The highest BCUT2D eigenvalue weighted by molar-refractivity contribution is 5.95. The highest BCUT2D eigenvalue weighted by atomic mass is 16.6. The number of aromatic carboxylic acids is 1. The summed E-state index contributed by atoms with van der Waals surface area (Å²) in [4.78, 5) is 23.7. The number of aliphatic hydroxyl groups is 1. The van der Waals surface area contributed by atoms with Crippen LogP contribution in [-0.4, -0.2) is 40.3 Å². The Balaban J connectivity index is 2.37. The summed E-state index contributed by atoms with van der Waals surface area (Å²) >= 11 is 0. The molecule has 0 aromatic heterocycles. The maximum atomic E-state index is 11.3. The van der Waals surface area contributed by atoms with Gasteiger partial charge < -0.3 is 15.1 Å². The Bertz CT molecular complexity index is 546. The fourth-order valence-corrected chi connectivity index (χ4v) is 2.83. The number of carboxylic acids is 1. The molecule has 0 saturated carbocycles. The molecule has 1 fully saturated rings. The highest BCUT2D eigenvalue weighted by Gasteiger charge is 2.28. The number of rotatable bonds is 6. The van der Waals surface area contributed by atoms with Crippen LogP contribution in [0.3, 0.4) is 0 Å². The van der Waals surface area contributed by atoms with E-state index in [2.05, 4.69) is 0 Å². The van der Waals surface area contributed by atoms with E-state index in [1.54, 1.807) is 0 Å². The van der Waals surface area contributed by atoms with Crippen LogP contribution in [0.5, 0.6) is 0 Å². The van der Waals surface area contributed by atoms with Crippen LogP contribution in [0.4, 0.5) is 11.4 Å². The zero-order valence-corrected chi connectivity index (χ0v) is 11.6. The molecule has 1 aliphatic rings. The van der Waals surface area contributed by atoms with E-state index < -0.39 is 10.9 Å². The fraction of sp³-hybridized carbons (Fsp3) is 0.500. The van der Waals surface area contributed by atoms with Crippen LogP contribution in [-0.2, 0) is 0 Å². The smallest absolute Gasteiger partial charge is 0.337 e. The second kappa shape index (κ2) is 6.53. The minimum atomic E-state index is -1.09. The minimum absolute atomic E-state index is 0.0801. The molecule has 1 aliphatic heterocycles. The quantitative estimate of drug-likeness (QED) is 0.614. The minimum Gasteiger partial charge on any atom is -0.478 e. The predicted molar refractivity (Wildman–Crippen MR) is 76.7 cm³/mol. The molecule has 0 radical (unpaired) electrons. The van der Waals surface area contributed by atoms with Crippen LogP contribution < -0.4 is 4.90 Å². The summed E-state index contributed by atoms with van der Waals surface area (Å²) < 4.78 is 0. The molecule has 1 unspecified atom stereocenters. The van der Waals surface area contributed by atoms with Crippen LogP contribution in [0, 0.1) is 10.1 Å². The molecule has 1 saturated heterocycles. The van der Waals surface area contributed by atoms with Gasteiger partial charge in [0.15, 0.2) is 0 Å². The summed E-state index contributed by atoms with van der Waals surface area (Å²) in [5.41, 5.74) is 0.372. The number of aliphatic hydroxyl groups excluding tert-OH is 1. The first-order chi connectivity index (χ1) is 10.0. The lowest BCUT2D eigenvalue weighted by Gasteiger charge is -2.27. The summed E-state index contributed by atoms with van der Waals surface area (Å²) in [6, 6.07) is 3.96. The number of anilines is 1. The van der Waals surface area contributed by atoms with E-state index in [4.69, 9.17) is 5.11 Å². The third kappa shape index (κ3) is 3.30. The molecule has 1 atom stereocenters. The molecule has 0 bridgehead atoms.